The van der Waals surface area contributed by atoms with Crippen LogP contribution in [0.25, 0.3) is 22.5 Å². The molecule has 0 spiro atoms. The number of hydrogen-bond acceptors (Lipinski definition) is 8. The molecule has 6 rings (SSSR count). The number of H-pyrrole nitrogens is 1. The largest absolute Gasteiger partial charge is 0.444 e. The lowest BCUT2D eigenvalue weighted by Crippen LogP contribution is -2.48. The van der Waals surface area contributed by atoms with Crippen molar-refractivity contribution in [2.24, 2.45) is 17.8 Å². The highest BCUT2D eigenvalue weighted by Crippen LogP contribution is 2.33. The number of aromatic amines is 1. The minimum absolute atomic E-state index is 0.132. The van der Waals surface area contributed by atoms with Crippen LogP contribution in [0.15, 0.2) is 66.7 Å². The molecule has 290 valence electrons. The highest BCUT2D eigenvalue weighted by Gasteiger charge is 2.31. The average molecular weight is 769 g/mol. The van der Waals surface area contributed by atoms with Crippen LogP contribution in [-0.4, -0.2) is 68.7 Å². The first-order chi connectivity index (χ1) is 26.3. The molecular formula is C41H49ClN8O5. The van der Waals surface area contributed by atoms with Crippen LogP contribution >= 0.6 is 11.6 Å². The number of hydrogen-bond donors (Lipinski definition) is 5. The molecule has 1 heterocycles. The number of nitrogens with one attached hydrogen (secondary N) is 5. The molecule has 55 heavy (non-hydrogen) atoms. The predicted octanol–water partition coefficient (Wildman–Crippen LogP) is 6.71. The van der Waals surface area contributed by atoms with Crippen LogP contribution in [0.4, 0.5) is 10.5 Å². The number of halogens is 1. The summed E-state index contributed by atoms with van der Waals surface area (Å²) >= 11 is 6.68. The molecule has 2 atom stereocenters. The van der Waals surface area contributed by atoms with Crippen LogP contribution < -0.4 is 21.3 Å². The fourth-order valence-corrected chi connectivity index (χ4v) is 7.13. The van der Waals surface area contributed by atoms with Crippen LogP contribution in [0.5, 0.6) is 0 Å². The molecule has 2 saturated carbocycles. The van der Waals surface area contributed by atoms with E-state index in [4.69, 9.17) is 16.3 Å². The van der Waals surface area contributed by atoms with Crippen molar-refractivity contribution in [1.29, 1.82) is 0 Å². The minimum atomic E-state index is -0.860. The van der Waals surface area contributed by atoms with Crippen LogP contribution in [-0.2, 0) is 20.7 Å². The summed E-state index contributed by atoms with van der Waals surface area (Å²) in [5.41, 5.74) is 3.71. The maximum atomic E-state index is 13.8. The number of carbonyl (C=O) groups is 4. The van der Waals surface area contributed by atoms with Gasteiger partial charge in [0.2, 0.25) is 17.6 Å². The number of tetrazole rings is 1. The van der Waals surface area contributed by atoms with E-state index < -0.39 is 17.7 Å². The summed E-state index contributed by atoms with van der Waals surface area (Å²) in [5.74, 6) is 0.297. The normalized spacial score (nSPS) is 18.1. The van der Waals surface area contributed by atoms with Gasteiger partial charge in [-0.3, -0.25) is 14.4 Å². The Balaban J connectivity index is 1.10. The van der Waals surface area contributed by atoms with E-state index in [1.165, 1.54) is 0 Å². The third-order valence-electron chi connectivity index (χ3n) is 10.2. The zero-order valence-electron chi connectivity index (χ0n) is 31.7. The first kappa shape index (κ1) is 39.4. The zero-order valence-corrected chi connectivity index (χ0v) is 32.4. The van der Waals surface area contributed by atoms with Crippen molar-refractivity contribution < 1.29 is 23.9 Å². The molecule has 1 unspecified atom stereocenters. The highest BCUT2D eigenvalue weighted by molar-refractivity contribution is 6.33. The van der Waals surface area contributed by atoms with Gasteiger partial charge in [-0.1, -0.05) is 41.9 Å². The van der Waals surface area contributed by atoms with Crippen LogP contribution in [0, 0.1) is 17.8 Å². The first-order valence-corrected chi connectivity index (χ1v) is 19.3. The smallest absolute Gasteiger partial charge is 0.407 e. The lowest BCUT2D eigenvalue weighted by atomic mass is 9.81. The topological polar surface area (TPSA) is 180 Å². The molecule has 13 nitrogen and oxygen atoms in total. The Bertz CT molecular complexity index is 1950. The number of amides is 4. The fraction of sp³-hybridized carbons (Fsp3) is 0.439. The van der Waals surface area contributed by atoms with Crippen molar-refractivity contribution in [2.45, 2.75) is 90.3 Å². The number of rotatable bonds is 13. The number of ether oxygens (including phenoxy) is 1. The standard InChI is InChI=1S/C41H49ClN8O5/c1-24(27-13-14-27)44-38(52)31-17-20-33(34(42)22-31)28-9-5-25(6-10-28)21-35(39(53)45-32-18-15-29(16-19-32)36-47-49-50-48-36)46-37(51)30-11-7-26(8-12-30)23-43-40(54)55-41(2,3)4/h5-6,9-10,15-20,22,24,26-27,30,35H,7-8,11-14,21,23H2,1-4H3,(H,43,54)(H,44,52)(H,45,53)(H,46,51)(H,47,48,49,50)/t24?,26?,30?,35-/m0/s1. The van der Waals surface area contributed by atoms with Crippen LogP contribution in [0.2, 0.25) is 5.02 Å². The number of benzene rings is 3. The molecule has 0 aliphatic heterocycles. The molecule has 0 bridgehead atoms. The molecule has 2 aliphatic rings. The Kier molecular flexibility index (Phi) is 12.5. The Morgan fingerprint density at radius 3 is 2.20 bits per heavy atom. The molecule has 2 aliphatic carbocycles. The van der Waals surface area contributed by atoms with E-state index in [2.05, 4.69) is 41.9 Å². The summed E-state index contributed by atoms with van der Waals surface area (Å²) in [4.78, 5) is 52.4. The summed E-state index contributed by atoms with van der Waals surface area (Å²) in [7, 11) is 0. The van der Waals surface area contributed by atoms with Gasteiger partial charge in [0.1, 0.15) is 11.6 Å². The second-order valence-electron chi connectivity index (χ2n) is 15.7. The first-order valence-electron chi connectivity index (χ1n) is 18.9. The van der Waals surface area contributed by atoms with Gasteiger partial charge in [-0.2, -0.15) is 5.21 Å². The van der Waals surface area contributed by atoms with Crippen molar-refractivity contribution in [2.75, 3.05) is 11.9 Å². The van der Waals surface area contributed by atoms with Gasteiger partial charge in [-0.05, 0) is 131 Å². The third-order valence-corrected chi connectivity index (χ3v) is 10.5. The second kappa shape index (κ2) is 17.4. The van der Waals surface area contributed by atoms with Gasteiger partial charge >= 0.3 is 6.09 Å². The van der Waals surface area contributed by atoms with Gasteiger partial charge in [0.15, 0.2) is 0 Å². The molecule has 0 saturated heterocycles. The van der Waals surface area contributed by atoms with E-state index in [0.717, 1.165) is 47.9 Å². The van der Waals surface area contributed by atoms with Gasteiger partial charge in [0, 0.05) is 52.3 Å². The zero-order chi connectivity index (χ0) is 39.1. The Morgan fingerprint density at radius 1 is 0.891 bits per heavy atom. The lowest BCUT2D eigenvalue weighted by molar-refractivity contribution is -0.130. The number of aromatic nitrogens is 4. The Labute approximate surface area is 326 Å². The molecule has 1 aromatic heterocycles. The van der Waals surface area contributed by atoms with Gasteiger partial charge in [0.25, 0.3) is 5.91 Å². The van der Waals surface area contributed by atoms with Crippen molar-refractivity contribution in [3.8, 4) is 22.5 Å². The minimum Gasteiger partial charge on any atom is -0.444 e. The van der Waals surface area contributed by atoms with Crippen molar-refractivity contribution in [1.82, 2.24) is 36.6 Å². The van der Waals surface area contributed by atoms with E-state index in [0.29, 0.717) is 47.4 Å². The van der Waals surface area contributed by atoms with E-state index >= 15 is 0 Å². The number of carbonyl (C=O) groups excluding carboxylic acids is 4. The van der Waals surface area contributed by atoms with Gasteiger partial charge in [0.05, 0.1) is 0 Å². The monoisotopic (exact) mass is 768 g/mol. The average Bonchev–Trinajstić information content (AvgIpc) is 3.87. The highest BCUT2D eigenvalue weighted by atomic mass is 35.5. The van der Waals surface area contributed by atoms with E-state index in [-0.39, 0.29) is 42.0 Å². The number of alkyl carbamates (subject to hydrolysis) is 1. The van der Waals surface area contributed by atoms with E-state index in [9.17, 15) is 19.2 Å². The molecule has 2 fully saturated rings. The summed E-state index contributed by atoms with van der Waals surface area (Å²) in [6.07, 6.45) is 4.93. The maximum absolute atomic E-state index is 13.8. The SMILES string of the molecule is CC(NC(=O)c1ccc(-c2ccc(C[C@H](NC(=O)C3CCC(CNC(=O)OC(C)(C)C)CC3)C(=O)Nc3ccc(-c4nn[nH]n4)cc3)cc2)c(Cl)c1)C1CC1. The van der Waals surface area contributed by atoms with Gasteiger partial charge in [-0.25, -0.2) is 4.79 Å². The molecule has 5 N–H and O–H groups in total. The molecule has 4 aromatic rings. The summed E-state index contributed by atoms with van der Waals surface area (Å²) in [6, 6.07) is 19.3. The Hall–Kier alpha value is -5.30. The van der Waals surface area contributed by atoms with E-state index in [1.54, 1.807) is 36.4 Å². The molecule has 14 heteroatoms. The molecule has 4 amide bonds. The third kappa shape index (κ3) is 11.1. The number of anilines is 1. The molecule has 0 radical (unpaired) electrons. The quantitative estimate of drug-likeness (QED) is 0.0995. The van der Waals surface area contributed by atoms with Crippen molar-refractivity contribution >= 4 is 41.1 Å². The number of nitrogens with zero attached hydrogens (tertiary/aromatic N) is 3. The Morgan fingerprint density at radius 2 is 1.58 bits per heavy atom. The summed E-state index contributed by atoms with van der Waals surface area (Å²) in [6.45, 7) is 7.98. The van der Waals surface area contributed by atoms with Crippen LogP contribution in [0.3, 0.4) is 0 Å². The molecular weight excluding hydrogens is 720 g/mol. The molecule has 3 aromatic carbocycles. The van der Waals surface area contributed by atoms with Gasteiger partial charge < -0.3 is 26.0 Å². The predicted molar refractivity (Wildman–Crippen MR) is 210 cm³/mol. The summed E-state index contributed by atoms with van der Waals surface area (Å²) < 4.78 is 5.35. The van der Waals surface area contributed by atoms with E-state index in [1.807, 2.05) is 58.0 Å². The summed E-state index contributed by atoms with van der Waals surface area (Å²) in [5, 5.41) is 26.4. The fourth-order valence-electron chi connectivity index (χ4n) is 6.84. The van der Waals surface area contributed by atoms with Crippen molar-refractivity contribution in [3.05, 3.63) is 82.9 Å². The van der Waals surface area contributed by atoms with Crippen molar-refractivity contribution in [3.63, 3.8) is 0 Å². The maximum Gasteiger partial charge on any atom is 0.407 e. The van der Waals surface area contributed by atoms with Crippen LogP contribution in [0.1, 0.15) is 82.1 Å². The lowest BCUT2D eigenvalue weighted by Gasteiger charge is -2.29. The van der Waals surface area contributed by atoms with Gasteiger partial charge in [-0.15, -0.1) is 10.2 Å². The second-order valence-corrected chi connectivity index (χ2v) is 16.1.